The molecule has 3 rings (SSSR count). The van der Waals surface area contributed by atoms with E-state index in [0.29, 0.717) is 10.7 Å². The molecule has 0 bridgehead atoms. The molecule has 0 atom stereocenters. The minimum Gasteiger partial charge on any atom is -0.319 e. The number of para-hydroxylation sites is 1. The molecule has 3 aromatic carbocycles. The summed E-state index contributed by atoms with van der Waals surface area (Å²) in [4.78, 5) is 12.3. The quantitative estimate of drug-likeness (QED) is 0.614. The van der Waals surface area contributed by atoms with E-state index in [0.717, 1.165) is 11.8 Å². The summed E-state index contributed by atoms with van der Waals surface area (Å²) < 4.78 is 39.5. The number of sulfonamides is 1. The van der Waals surface area contributed by atoms with Gasteiger partial charge in [0.15, 0.2) is 0 Å². The Morgan fingerprint density at radius 1 is 1.00 bits per heavy atom. The number of benzene rings is 3. The maximum Gasteiger partial charge on any atom is 0.255 e. The fraction of sp³-hybridized carbons (Fsp3) is 0.0952. The van der Waals surface area contributed by atoms with Crippen LogP contribution >= 0.6 is 11.6 Å². The number of anilines is 2. The zero-order chi connectivity index (χ0) is 21.0. The molecule has 0 aliphatic heterocycles. The van der Waals surface area contributed by atoms with E-state index in [1.807, 2.05) is 0 Å². The minimum atomic E-state index is -3.56. The molecule has 0 radical (unpaired) electrons. The first-order valence-electron chi connectivity index (χ1n) is 8.62. The molecule has 1 N–H and O–H groups in total. The molecule has 0 spiro atoms. The van der Waals surface area contributed by atoms with Gasteiger partial charge in [0.2, 0.25) is 10.0 Å². The van der Waals surface area contributed by atoms with Gasteiger partial charge in [-0.3, -0.25) is 9.10 Å². The predicted octanol–water partition coefficient (Wildman–Crippen LogP) is 4.70. The number of carbonyl (C=O) groups excluding carboxylic acids is 1. The van der Waals surface area contributed by atoms with E-state index in [1.54, 1.807) is 30.3 Å². The molecule has 5 nitrogen and oxygen atoms in total. The van der Waals surface area contributed by atoms with Crippen LogP contribution in [-0.4, -0.2) is 20.6 Å². The number of rotatable bonds is 6. The van der Waals surface area contributed by atoms with Gasteiger partial charge in [0.25, 0.3) is 5.91 Å². The van der Waals surface area contributed by atoms with Crippen LogP contribution < -0.4 is 9.62 Å². The van der Waals surface area contributed by atoms with Crippen LogP contribution in [0.15, 0.2) is 72.8 Å². The zero-order valence-corrected chi connectivity index (χ0v) is 17.0. The molecule has 0 heterocycles. The van der Waals surface area contributed by atoms with E-state index in [-0.39, 0.29) is 17.8 Å². The van der Waals surface area contributed by atoms with Gasteiger partial charge in [0, 0.05) is 10.6 Å². The molecule has 8 heteroatoms. The molecular weight excluding hydrogens is 415 g/mol. The number of carbonyl (C=O) groups is 1. The standard InChI is InChI=1S/C21H18ClFN2O3S/c1-29(27,28)25(14-15-6-10-17(22)11-7-15)18-12-8-16(9-13-18)21(26)24-20-5-3-2-4-19(20)23/h2-13H,14H2,1H3,(H,24,26). The van der Waals surface area contributed by atoms with E-state index in [4.69, 9.17) is 11.6 Å². The molecule has 1 amide bonds. The van der Waals surface area contributed by atoms with Crippen molar-refractivity contribution in [1.29, 1.82) is 0 Å². The van der Waals surface area contributed by atoms with Gasteiger partial charge in [-0.2, -0.15) is 0 Å². The number of nitrogens with zero attached hydrogens (tertiary/aromatic N) is 1. The molecule has 3 aromatic rings. The SMILES string of the molecule is CS(=O)(=O)N(Cc1ccc(Cl)cc1)c1ccc(C(=O)Nc2ccccc2F)cc1. The van der Waals surface area contributed by atoms with Gasteiger partial charge in [-0.05, 0) is 54.1 Å². The lowest BCUT2D eigenvalue weighted by atomic mass is 10.1. The monoisotopic (exact) mass is 432 g/mol. The van der Waals surface area contributed by atoms with Crippen molar-refractivity contribution >= 4 is 38.9 Å². The Morgan fingerprint density at radius 3 is 2.21 bits per heavy atom. The lowest BCUT2D eigenvalue weighted by molar-refractivity contribution is 0.102. The molecule has 0 aromatic heterocycles. The Labute approximate surface area is 173 Å². The number of halogens is 2. The molecule has 0 unspecified atom stereocenters. The van der Waals surface area contributed by atoms with E-state index in [2.05, 4.69) is 5.32 Å². The van der Waals surface area contributed by atoms with Crippen LogP contribution in [0.3, 0.4) is 0 Å². The van der Waals surface area contributed by atoms with Crippen molar-refractivity contribution in [2.75, 3.05) is 15.9 Å². The van der Waals surface area contributed by atoms with Gasteiger partial charge in [-0.1, -0.05) is 35.9 Å². The van der Waals surface area contributed by atoms with Crippen LogP contribution in [0.25, 0.3) is 0 Å². The maximum absolute atomic E-state index is 13.7. The summed E-state index contributed by atoms with van der Waals surface area (Å²) in [7, 11) is -3.56. The fourth-order valence-corrected chi connectivity index (χ4v) is 3.71. The first kappa shape index (κ1) is 20.8. The lowest BCUT2D eigenvalue weighted by Crippen LogP contribution is -2.29. The van der Waals surface area contributed by atoms with E-state index >= 15 is 0 Å². The third-order valence-corrected chi connectivity index (χ3v) is 5.57. The Balaban J connectivity index is 1.81. The largest absolute Gasteiger partial charge is 0.319 e. The van der Waals surface area contributed by atoms with E-state index in [1.165, 1.54) is 46.8 Å². The average Bonchev–Trinajstić information content (AvgIpc) is 2.68. The van der Waals surface area contributed by atoms with Gasteiger partial charge >= 0.3 is 0 Å². The van der Waals surface area contributed by atoms with Crippen LogP contribution in [0.2, 0.25) is 5.02 Å². The number of hydrogen-bond acceptors (Lipinski definition) is 3. The van der Waals surface area contributed by atoms with Crippen molar-refractivity contribution in [3.05, 3.63) is 94.8 Å². The smallest absolute Gasteiger partial charge is 0.255 e. The highest BCUT2D eigenvalue weighted by atomic mass is 35.5. The van der Waals surface area contributed by atoms with Crippen molar-refractivity contribution in [1.82, 2.24) is 0 Å². The van der Waals surface area contributed by atoms with Gasteiger partial charge < -0.3 is 5.32 Å². The molecular formula is C21H18ClFN2O3S. The van der Waals surface area contributed by atoms with Crippen LogP contribution in [0.4, 0.5) is 15.8 Å². The highest BCUT2D eigenvalue weighted by molar-refractivity contribution is 7.92. The predicted molar refractivity (Wildman–Crippen MR) is 113 cm³/mol. The second kappa shape index (κ2) is 8.63. The number of nitrogens with one attached hydrogen (secondary N) is 1. The van der Waals surface area contributed by atoms with Gasteiger partial charge in [-0.25, -0.2) is 12.8 Å². The van der Waals surface area contributed by atoms with Crippen molar-refractivity contribution in [2.45, 2.75) is 6.54 Å². The van der Waals surface area contributed by atoms with Crippen LogP contribution in [-0.2, 0) is 16.6 Å². The second-order valence-corrected chi connectivity index (χ2v) is 8.72. The summed E-state index contributed by atoms with van der Waals surface area (Å²) in [5, 5.41) is 3.05. The Kier molecular flexibility index (Phi) is 6.20. The Hall–Kier alpha value is -2.90. The fourth-order valence-electron chi connectivity index (χ4n) is 2.69. The highest BCUT2D eigenvalue weighted by Crippen LogP contribution is 2.23. The van der Waals surface area contributed by atoms with Crippen molar-refractivity contribution in [3.8, 4) is 0 Å². The number of hydrogen-bond donors (Lipinski definition) is 1. The summed E-state index contributed by atoms with van der Waals surface area (Å²) >= 11 is 5.88. The molecule has 29 heavy (non-hydrogen) atoms. The summed E-state index contributed by atoms with van der Waals surface area (Å²) in [5.41, 5.74) is 1.52. The third kappa shape index (κ3) is 5.34. The summed E-state index contributed by atoms with van der Waals surface area (Å²) in [5.74, 6) is -1.03. The van der Waals surface area contributed by atoms with Crippen molar-refractivity contribution < 1.29 is 17.6 Å². The molecule has 0 saturated carbocycles. The highest BCUT2D eigenvalue weighted by Gasteiger charge is 2.18. The van der Waals surface area contributed by atoms with E-state index in [9.17, 15) is 17.6 Å². The van der Waals surface area contributed by atoms with E-state index < -0.39 is 21.7 Å². The van der Waals surface area contributed by atoms with Crippen LogP contribution in [0, 0.1) is 5.82 Å². The first-order valence-corrected chi connectivity index (χ1v) is 10.8. The number of amides is 1. The van der Waals surface area contributed by atoms with Crippen LogP contribution in [0.5, 0.6) is 0 Å². The zero-order valence-electron chi connectivity index (χ0n) is 15.5. The molecule has 150 valence electrons. The lowest BCUT2D eigenvalue weighted by Gasteiger charge is -2.23. The third-order valence-electron chi connectivity index (χ3n) is 4.18. The summed E-state index contributed by atoms with van der Waals surface area (Å²) in [6, 6.07) is 18.8. The summed E-state index contributed by atoms with van der Waals surface area (Å²) in [6.45, 7) is 0.122. The Morgan fingerprint density at radius 2 is 1.62 bits per heavy atom. The van der Waals surface area contributed by atoms with Crippen LogP contribution in [0.1, 0.15) is 15.9 Å². The molecule has 0 aliphatic carbocycles. The topological polar surface area (TPSA) is 66.5 Å². The maximum atomic E-state index is 13.7. The van der Waals surface area contributed by atoms with Crippen molar-refractivity contribution in [2.24, 2.45) is 0 Å². The average molecular weight is 433 g/mol. The minimum absolute atomic E-state index is 0.0714. The molecule has 0 fully saturated rings. The van der Waals surface area contributed by atoms with Gasteiger partial charge in [-0.15, -0.1) is 0 Å². The van der Waals surface area contributed by atoms with Gasteiger partial charge in [0.1, 0.15) is 5.82 Å². The van der Waals surface area contributed by atoms with Gasteiger partial charge in [0.05, 0.1) is 24.2 Å². The summed E-state index contributed by atoms with van der Waals surface area (Å²) in [6.07, 6.45) is 1.11. The van der Waals surface area contributed by atoms with Crippen molar-refractivity contribution in [3.63, 3.8) is 0 Å². The Bertz CT molecular complexity index is 1120. The normalized spacial score (nSPS) is 11.1. The first-order chi connectivity index (χ1) is 13.7. The molecule has 0 aliphatic rings. The molecule has 0 saturated heterocycles. The second-order valence-electron chi connectivity index (χ2n) is 6.38.